The quantitative estimate of drug-likeness (QED) is 0.776. The van der Waals surface area contributed by atoms with Gasteiger partial charge in [0.1, 0.15) is 0 Å². The topological polar surface area (TPSA) is 69.4 Å². The molecule has 0 bridgehead atoms. The van der Waals surface area contributed by atoms with Gasteiger partial charge in [-0.1, -0.05) is 0 Å². The summed E-state index contributed by atoms with van der Waals surface area (Å²) in [5.74, 6) is 0.433. The van der Waals surface area contributed by atoms with Crippen molar-refractivity contribution in [2.24, 2.45) is 0 Å². The van der Waals surface area contributed by atoms with Crippen LogP contribution in [-0.4, -0.2) is 36.4 Å². The molecular weight excluding hydrogens is 253 g/mol. The first kappa shape index (κ1) is 13.9. The normalized spacial score (nSPS) is 24.7. The number of nitrogens with zero attached hydrogens (tertiary/aromatic N) is 1. The van der Waals surface area contributed by atoms with Gasteiger partial charge in [-0.05, 0) is 33.8 Å². The zero-order valence-electron chi connectivity index (χ0n) is 12.6. The second-order valence-corrected chi connectivity index (χ2v) is 6.69. The number of nitrogen functional groups attached to an aromatic ring is 1. The fourth-order valence-corrected chi connectivity index (χ4v) is 2.44. The smallest absolute Gasteiger partial charge is 0.399 e. The average molecular weight is 275 g/mol. The molecule has 5 nitrogen and oxygen atoms in total. The molecule has 2 aliphatic heterocycles. The summed E-state index contributed by atoms with van der Waals surface area (Å²) >= 11 is 0. The van der Waals surface area contributed by atoms with Gasteiger partial charge in [0.25, 0.3) is 0 Å². The summed E-state index contributed by atoms with van der Waals surface area (Å²) in [7, 11) is -0.400. The predicted octanol–water partition coefficient (Wildman–Crippen LogP) is 0.650. The first-order chi connectivity index (χ1) is 9.30. The van der Waals surface area contributed by atoms with Gasteiger partial charge in [0.05, 0.1) is 22.6 Å². The maximum atomic E-state index is 6.13. The highest BCUT2D eigenvalue weighted by Gasteiger charge is 2.51. The Kier molecular flexibility index (Phi) is 3.08. The Morgan fingerprint density at radius 1 is 1.25 bits per heavy atom. The van der Waals surface area contributed by atoms with E-state index in [0.29, 0.717) is 5.92 Å². The van der Waals surface area contributed by atoms with Crippen molar-refractivity contribution in [3.63, 3.8) is 0 Å². The maximum Gasteiger partial charge on any atom is 0.496 e. The van der Waals surface area contributed by atoms with Crippen LogP contribution in [0.5, 0.6) is 0 Å². The van der Waals surface area contributed by atoms with Crippen LogP contribution in [0, 0.1) is 0 Å². The Morgan fingerprint density at radius 3 is 2.30 bits per heavy atom. The lowest BCUT2D eigenvalue weighted by Gasteiger charge is -2.32. The van der Waals surface area contributed by atoms with Gasteiger partial charge >= 0.3 is 7.12 Å². The minimum atomic E-state index is -0.400. The largest absolute Gasteiger partial charge is 0.496 e. The number of aromatic nitrogens is 1. The molecular formula is C14H22BN3O2. The molecule has 1 aromatic heterocycles. The molecule has 20 heavy (non-hydrogen) atoms. The molecule has 1 aromatic rings. The molecule has 0 amide bonds. The van der Waals surface area contributed by atoms with Crippen LogP contribution in [0.1, 0.15) is 39.3 Å². The number of hydrogen-bond donors (Lipinski definition) is 2. The van der Waals surface area contributed by atoms with Crippen LogP contribution in [0.2, 0.25) is 0 Å². The predicted molar refractivity (Wildman–Crippen MR) is 80.0 cm³/mol. The van der Waals surface area contributed by atoms with E-state index in [9.17, 15) is 0 Å². The molecule has 2 saturated heterocycles. The second-order valence-electron chi connectivity index (χ2n) is 6.69. The van der Waals surface area contributed by atoms with E-state index in [4.69, 9.17) is 15.0 Å². The van der Waals surface area contributed by atoms with Crippen LogP contribution in [0.15, 0.2) is 12.3 Å². The van der Waals surface area contributed by atoms with Crippen molar-refractivity contribution in [1.82, 2.24) is 10.3 Å². The highest BCUT2D eigenvalue weighted by atomic mass is 16.7. The number of rotatable bonds is 2. The van der Waals surface area contributed by atoms with E-state index in [1.165, 1.54) is 0 Å². The van der Waals surface area contributed by atoms with Crippen molar-refractivity contribution in [1.29, 1.82) is 0 Å². The van der Waals surface area contributed by atoms with Crippen LogP contribution in [0.3, 0.4) is 0 Å². The Hall–Kier alpha value is -1.11. The van der Waals surface area contributed by atoms with Crippen LogP contribution in [-0.2, 0) is 9.31 Å². The van der Waals surface area contributed by atoms with Gasteiger partial charge in [0.2, 0.25) is 0 Å². The van der Waals surface area contributed by atoms with E-state index in [1.54, 1.807) is 0 Å². The first-order valence-electron chi connectivity index (χ1n) is 7.12. The minimum Gasteiger partial charge on any atom is -0.399 e. The molecule has 0 aromatic carbocycles. The molecule has 0 radical (unpaired) electrons. The molecule has 3 rings (SSSR count). The molecule has 3 heterocycles. The van der Waals surface area contributed by atoms with Crippen molar-refractivity contribution in [2.45, 2.75) is 44.8 Å². The third kappa shape index (κ3) is 2.12. The fourth-order valence-electron chi connectivity index (χ4n) is 2.44. The Labute approximate surface area is 120 Å². The minimum absolute atomic E-state index is 0.344. The molecule has 2 fully saturated rings. The van der Waals surface area contributed by atoms with Crippen LogP contribution < -0.4 is 16.5 Å². The highest BCUT2D eigenvalue weighted by Crippen LogP contribution is 2.36. The molecule has 0 saturated carbocycles. The summed E-state index contributed by atoms with van der Waals surface area (Å²) in [4.78, 5) is 4.52. The Balaban J connectivity index is 1.83. The van der Waals surface area contributed by atoms with Crippen LogP contribution in [0.25, 0.3) is 0 Å². The first-order valence-corrected chi connectivity index (χ1v) is 7.12. The van der Waals surface area contributed by atoms with Crippen LogP contribution in [0.4, 0.5) is 5.69 Å². The van der Waals surface area contributed by atoms with E-state index >= 15 is 0 Å². The molecule has 0 atom stereocenters. The monoisotopic (exact) mass is 275 g/mol. The highest BCUT2D eigenvalue weighted by molar-refractivity contribution is 6.62. The van der Waals surface area contributed by atoms with Gasteiger partial charge in [-0.3, -0.25) is 4.98 Å². The number of nitrogens with one attached hydrogen (secondary N) is 1. The van der Waals surface area contributed by atoms with E-state index < -0.39 is 7.12 Å². The van der Waals surface area contributed by atoms with E-state index in [0.717, 1.165) is 29.9 Å². The third-order valence-corrected chi connectivity index (χ3v) is 4.66. The van der Waals surface area contributed by atoms with E-state index in [2.05, 4.69) is 10.3 Å². The van der Waals surface area contributed by atoms with Crippen molar-refractivity contribution in [2.75, 3.05) is 18.8 Å². The Morgan fingerprint density at radius 2 is 1.85 bits per heavy atom. The Bertz CT molecular complexity index is 513. The molecule has 2 aliphatic rings. The summed E-state index contributed by atoms with van der Waals surface area (Å²) in [6.07, 6.45) is 1.83. The number of pyridine rings is 1. The number of hydrogen-bond acceptors (Lipinski definition) is 5. The van der Waals surface area contributed by atoms with E-state index in [1.807, 2.05) is 40.0 Å². The SMILES string of the molecule is CC1(C)OB(c2cnc(C3CNC3)c(N)c2)OC1(C)C. The number of nitrogens with two attached hydrogens (primary N) is 1. The van der Waals surface area contributed by atoms with E-state index in [-0.39, 0.29) is 11.2 Å². The van der Waals surface area contributed by atoms with Crippen molar-refractivity contribution in [3.8, 4) is 0 Å². The lowest BCUT2D eigenvalue weighted by Crippen LogP contribution is -2.41. The average Bonchev–Trinajstić information content (AvgIpc) is 2.48. The van der Waals surface area contributed by atoms with Crippen molar-refractivity contribution in [3.05, 3.63) is 18.0 Å². The molecule has 3 N–H and O–H groups in total. The van der Waals surface area contributed by atoms with Gasteiger partial charge in [-0.15, -0.1) is 0 Å². The fraction of sp³-hybridized carbons (Fsp3) is 0.643. The van der Waals surface area contributed by atoms with Gasteiger partial charge in [0, 0.05) is 30.7 Å². The van der Waals surface area contributed by atoms with Crippen molar-refractivity contribution < 1.29 is 9.31 Å². The van der Waals surface area contributed by atoms with Crippen LogP contribution >= 0.6 is 0 Å². The molecule has 6 heteroatoms. The maximum absolute atomic E-state index is 6.13. The van der Waals surface area contributed by atoms with Gasteiger partial charge < -0.3 is 20.4 Å². The zero-order valence-corrected chi connectivity index (χ0v) is 12.6. The van der Waals surface area contributed by atoms with Gasteiger partial charge in [-0.25, -0.2) is 0 Å². The lowest BCUT2D eigenvalue weighted by molar-refractivity contribution is 0.00578. The lowest BCUT2D eigenvalue weighted by atomic mass is 9.79. The summed E-state index contributed by atoms with van der Waals surface area (Å²) < 4.78 is 12.0. The molecule has 0 unspecified atom stereocenters. The summed E-state index contributed by atoms with van der Waals surface area (Å²) in [5.41, 5.74) is 8.03. The molecule has 0 aliphatic carbocycles. The second kappa shape index (κ2) is 4.45. The van der Waals surface area contributed by atoms with Gasteiger partial charge in [0.15, 0.2) is 0 Å². The summed E-state index contributed by atoms with van der Waals surface area (Å²) in [6, 6.07) is 1.93. The third-order valence-electron chi connectivity index (χ3n) is 4.66. The number of anilines is 1. The van der Waals surface area contributed by atoms with Gasteiger partial charge in [-0.2, -0.15) is 0 Å². The van der Waals surface area contributed by atoms with Crippen molar-refractivity contribution >= 4 is 18.3 Å². The molecule has 108 valence electrons. The molecule has 0 spiro atoms. The summed E-state index contributed by atoms with van der Waals surface area (Å²) in [6.45, 7) is 10.1. The zero-order chi connectivity index (χ0) is 14.5. The standard InChI is InChI=1S/C14H22BN3O2/c1-13(2)14(3,4)20-15(19-13)10-5-11(16)12(18-8-10)9-6-17-7-9/h5,8-9,17H,6-7,16H2,1-4H3. The summed E-state index contributed by atoms with van der Waals surface area (Å²) in [5, 5.41) is 3.23.